The molecule has 0 radical (unpaired) electrons. The molecule has 0 atom stereocenters. The molecule has 0 saturated carbocycles. The Morgan fingerprint density at radius 3 is 2.61 bits per heavy atom. The van der Waals surface area contributed by atoms with Gasteiger partial charge < -0.3 is 15.2 Å². The third-order valence-corrected chi connectivity index (χ3v) is 4.14. The standard InChI is InChI=1S/C16H18N2O4S/c1-22-12-5-2-11(3-6-12)4-7-14(19)17-9-8-15-18-13(10-23-15)16(20)21/h2-3,5-6,10H,4,7-9H2,1H3,(H,17,19)(H,20,21). The predicted molar refractivity (Wildman–Crippen MR) is 87.1 cm³/mol. The van der Waals surface area contributed by atoms with Crippen molar-refractivity contribution >= 4 is 23.2 Å². The maximum atomic E-state index is 11.8. The van der Waals surface area contributed by atoms with Gasteiger partial charge in [0.2, 0.25) is 5.91 Å². The van der Waals surface area contributed by atoms with Gasteiger partial charge in [0.25, 0.3) is 0 Å². The lowest BCUT2D eigenvalue weighted by molar-refractivity contribution is -0.121. The molecule has 0 aliphatic rings. The number of aromatic nitrogens is 1. The normalized spacial score (nSPS) is 10.3. The fourth-order valence-corrected chi connectivity index (χ4v) is 2.74. The molecule has 1 aromatic heterocycles. The second-order valence-electron chi connectivity index (χ2n) is 4.88. The third kappa shape index (κ3) is 5.37. The van der Waals surface area contributed by atoms with Crippen molar-refractivity contribution in [3.63, 3.8) is 0 Å². The molecular formula is C16H18N2O4S. The number of benzene rings is 1. The minimum atomic E-state index is -1.03. The second kappa shape index (κ2) is 8.28. The molecule has 0 unspecified atom stereocenters. The van der Waals surface area contributed by atoms with Crippen LogP contribution >= 0.6 is 11.3 Å². The maximum Gasteiger partial charge on any atom is 0.355 e. The first-order valence-corrected chi connectivity index (χ1v) is 8.04. The summed E-state index contributed by atoms with van der Waals surface area (Å²) >= 11 is 1.29. The number of aromatic carboxylic acids is 1. The van der Waals surface area contributed by atoms with Crippen molar-refractivity contribution in [3.05, 3.63) is 45.9 Å². The molecule has 1 heterocycles. The molecule has 1 amide bonds. The highest BCUT2D eigenvalue weighted by Crippen LogP contribution is 2.12. The first kappa shape index (κ1) is 17.0. The average molecular weight is 334 g/mol. The topological polar surface area (TPSA) is 88.5 Å². The van der Waals surface area contributed by atoms with E-state index in [1.807, 2.05) is 24.3 Å². The summed E-state index contributed by atoms with van der Waals surface area (Å²) in [5, 5.41) is 13.8. The van der Waals surface area contributed by atoms with Crippen molar-refractivity contribution in [1.82, 2.24) is 10.3 Å². The number of methoxy groups -OCH3 is 1. The molecule has 122 valence electrons. The van der Waals surface area contributed by atoms with E-state index >= 15 is 0 Å². The number of hydrogen-bond donors (Lipinski definition) is 2. The number of thiazole rings is 1. The van der Waals surface area contributed by atoms with Crippen LogP contribution in [0.4, 0.5) is 0 Å². The average Bonchev–Trinajstić information content (AvgIpc) is 3.02. The summed E-state index contributed by atoms with van der Waals surface area (Å²) in [6.07, 6.45) is 1.60. The predicted octanol–water partition coefficient (Wildman–Crippen LogP) is 2.14. The lowest BCUT2D eigenvalue weighted by atomic mass is 10.1. The van der Waals surface area contributed by atoms with Gasteiger partial charge in [-0.1, -0.05) is 12.1 Å². The summed E-state index contributed by atoms with van der Waals surface area (Å²) in [6, 6.07) is 7.62. The Morgan fingerprint density at radius 1 is 1.26 bits per heavy atom. The lowest BCUT2D eigenvalue weighted by Gasteiger charge is -2.05. The number of carboxylic acids is 1. The van der Waals surface area contributed by atoms with E-state index in [2.05, 4.69) is 10.3 Å². The highest BCUT2D eigenvalue weighted by molar-refractivity contribution is 7.09. The molecule has 23 heavy (non-hydrogen) atoms. The van der Waals surface area contributed by atoms with E-state index in [-0.39, 0.29) is 11.6 Å². The van der Waals surface area contributed by atoms with Crippen LogP contribution in [0.2, 0.25) is 0 Å². The number of nitrogens with one attached hydrogen (secondary N) is 1. The molecular weight excluding hydrogens is 316 g/mol. The van der Waals surface area contributed by atoms with Gasteiger partial charge in [-0.2, -0.15) is 0 Å². The highest BCUT2D eigenvalue weighted by Gasteiger charge is 2.09. The van der Waals surface area contributed by atoms with Crippen LogP contribution in [-0.2, 0) is 17.6 Å². The molecule has 0 bridgehead atoms. The summed E-state index contributed by atoms with van der Waals surface area (Å²) in [4.78, 5) is 26.5. The zero-order valence-electron chi connectivity index (χ0n) is 12.7. The van der Waals surface area contributed by atoms with E-state index in [1.165, 1.54) is 16.7 Å². The Bertz CT molecular complexity index is 667. The van der Waals surface area contributed by atoms with Gasteiger partial charge in [-0.05, 0) is 24.1 Å². The van der Waals surface area contributed by atoms with E-state index in [1.54, 1.807) is 7.11 Å². The first-order valence-electron chi connectivity index (χ1n) is 7.16. The Morgan fingerprint density at radius 2 is 2.00 bits per heavy atom. The number of carbonyl (C=O) groups excluding carboxylic acids is 1. The van der Waals surface area contributed by atoms with Crippen molar-refractivity contribution in [2.24, 2.45) is 0 Å². The lowest BCUT2D eigenvalue weighted by Crippen LogP contribution is -2.25. The zero-order chi connectivity index (χ0) is 16.7. The minimum Gasteiger partial charge on any atom is -0.497 e. The number of rotatable bonds is 8. The van der Waals surface area contributed by atoms with Gasteiger partial charge in [0, 0.05) is 24.8 Å². The molecule has 7 heteroatoms. The number of aryl methyl sites for hydroxylation is 1. The number of hydrogen-bond acceptors (Lipinski definition) is 5. The van der Waals surface area contributed by atoms with Crippen LogP contribution in [0.1, 0.15) is 27.5 Å². The van der Waals surface area contributed by atoms with Crippen LogP contribution < -0.4 is 10.1 Å². The van der Waals surface area contributed by atoms with E-state index in [0.717, 1.165) is 11.3 Å². The SMILES string of the molecule is COc1ccc(CCC(=O)NCCc2nc(C(=O)O)cs2)cc1. The van der Waals surface area contributed by atoms with Crippen molar-refractivity contribution in [2.75, 3.05) is 13.7 Å². The van der Waals surface area contributed by atoms with Gasteiger partial charge in [-0.15, -0.1) is 11.3 Å². The van der Waals surface area contributed by atoms with Crippen LogP contribution in [0.25, 0.3) is 0 Å². The van der Waals surface area contributed by atoms with E-state index in [4.69, 9.17) is 9.84 Å². The van der Waals surface area contributed by atoms with Crippen molar-refractivity contribution in [2.45, 2.75) is 19.3 Å². The van der Waals surface area contributed by atoms with Gasteiger partial charge >= 0.3 is 5.97 Å². The molecule has 0 saturated heterocycles. The van der Waals surface area contributed by atoms with Gasteiger partial charge in [-0.3, -0.25) is 4.79 Å². The fraction of sp³-hybridized carbons (Fsp3) is 0.312. The Balaban J connectivity index is 1.69. The molecule has 0 spiro atoms. The highest BCUT2D eigenvalue weighted by atomic mass is 32.1. The summed E-state index contributed by atoms with van der Waals surface area (Å²) in [6.45, 7) is 0.452. The summed E-state index contributed by atoms with van der Waals surface area (Å²) in [7, 11) is 1.62. The van der Waals surface area contributed by atoms with Crippen LogP contribution in [0.15, 0.2) is 29.6 Å². The zero-order valence-corrected chi connectivity index (χ0v) is 13.6. The number of carboxylic acid groups (broad SMARTS) is 1. The molecule has 0 aliphatic heterocycles. The van der Waals surface area contributed by atoms with Crippen LogP contribution in [0.5, 0.6) is 5.75 Å². The Labute approximate surface area is 138 Å². The maximum absolute atomic E-state index is 11.8. The molecule has 2 aromatic rings. The summed E-state index contributed by atoms with van der Waals surface area (Å²) < 4.78 is 5.09. The van der Waals surface area contributed by atoms with Crippen LogP contribution in [0, 0.1) is 0 Å². The monoisotopic (exact) mass is 334 g/mol. The largest absolute Gasteiger partial charge is 0.497 e. The minimum absolute atomic E-state index is 0.0316. The number of nitrogens with zero attached hydrogens (tertiary/aromatic N) is 1. The molecule has 0 aliphatic carbocycles. The fourth-order valence-electron chi connectivity index (χ4n) is 1.97. The Kier molecular flexibility index (Phi) is 6.10. The van der Waals surface area contributed by atoms with Crippen molar-refractivity contribution in [3.8, 4) is 5.75 Å². The van der Waals surface area contributed by atoms with Gasteiger partial charge in [-0.25, -0.2) is 9.78 Å². The third-order valence-electron chi connectivity index (χ3n) is 3.23. The summed E-state index contributed by atoms with van der Waals surface area (Å²) in [5.74, 6) is -0.269. The van der Waals surface area contributed by atoms with E-state index in [9.17, 15) is 9.59 Å². The molecule has 2 rings (SSSR count). The molecule has 0 fully saturated rings. The van der Waals surface area contributed by atoms with E-state index < -0.39 is 5.97 Å². The smallest absolute Gasteiger partial charge is 0.355 e. The molecule has 1 aromatic carbocycles. The molecule has 6 nitrogen and oxygen atoms in total. The first-order chi connectivity index (χ1) is 11.1. The summed E-state index contributed by atoms with van der Waals surface area (Å²) in [5.41, 5.74) is 1.13. The van der Waals surface area contributed by atoms with Gasteiger partial charge in [0.1, 0.15) is 5.75 Å². The van der Waals surface area contributed by atoms with Crippen LogP contribution in [-0.4, -0.2) is 35.6 Å². The van der Waals surface area contributed by atoms with E-state index in [0.29, 0.717) is 30.8 Å². The Hall–Kier alpha value is -2.41. The van der Waals surface area contributed by atoms with Crippen molar-refractivity contribution in [1.29, 1.82) is 0 Å². The quantitative estimate of drug-likeness (QED) is 0.772. The van der Waals surface area contributed by atoms with Gasteiger partial charge in [0.05, 0.1) is 12.1 Å². The number of ether oxygens (including phenoxy) is 1. The number of carbonyl (C=O) groups is 2. The van der Waals surface area contributed by atoms with Crippen molar-refractivity contribution < 1.29 is 19.4 Å². The van der Waals surface area contributed by atoms with Crippen LogP contribution in [0.3, 0.4) is 0 Å². The van der Waals surface area contributed by atoms with Gasteiger partial charge in [0.15, 0.2) is 5.69 Å². The number of amides is 1. The second-order valence-corrected chi connectivity index (χ2v) is 5.82. The molecule has 2 N–H and O–H groups in total.